The van der Waals surface area contributed by atoms with Crippen LogP contribution in [0.1, 0.15) is 27.2 Å². The van der Waals surface area contributed by atoms with Crippen LogP contribution in [0.5, 0.6) is 0 Å². The Hall–Kier alpha value is 0.310. The molecule has 0 spiro atoms. The fraction of sp³-hybridized carbons (Fsp3) is 0.857. The Morgan fingerprint density at radius 2 is 2.22 bits per heavy atom. The van der Waals surface area contributed by atoms with E-state index in [1.807, 2.05) is 6.92 Å². The van der Waals surface area contributed by atoms with Gasteiger partial charge < -0.3 is 4.74 Å². The van der Waals surface area contributed by atoms with Gasteiger partial charge in [0.2, 0.25) is 0 Å². The second-order valence-electron chi connectivity index (χ2n) is 1.73. The average Bonchev–Trinajstić information content (AvgIpc) is 1.85. The highest BCUT2D eigenvalue weighted by molar-refractivity contribution is 8.01. The van der Waals surface area contributed by atoms with E-state index in [1.165, 1.54) is 0 Å². The molecule has 0 heterocycles. The molecule has 9 heavy (non-hydrogen) atoms. The normalized spacial score (nSPS) is 13.7. The molecule has 1 radical (unpaired) electrons. The Morgan fingerprint density at radius 1 is 1.56 bits per heavy atom. The van der Waals surface area contributed by atoms with Crippen LogP contribution in [-0.4, -0.2) is 12.0 Å². The molecule has 1 nitrogen and oxygen atoms in total. The van der Waals surface area contributed by atoms with Gasteiger partial charge in [-0.15, -0.1) is 11.8 Å². The Bertz CT molecular complexity index is 56.9. The molecular weight excluding hydrogens is 132 g/mol. The molecule has 1 unspecified atom stereocenters. The van der Waals surface area contributed by atoms with Crippen LogP contribution in [0, 0.1) is 5.75 Å². The van der Waals surface area contributed by atoms with Crippen molar-refractivity contribution in [3.8, 4) is 0 Å². The maximum Gasteiger partial charge on any atom is 0.100 e. The standard InChI is InChI=1S/C7H15OS/c1-4-6-9-7(3)8-5-2/h6-7H,4-5H2,1-3H3. The minimum absolute atomic E-state index is 0.329. The average molecular weight is 147 g/mol. The molecule has 0 bridgehead atoms. The van der Waals surface area contributed by atoms with Gasteiger partial charge in [0, 0.05) is 12.4 Å². The minimum Gasteiger partial charge on any atom is -0.368 e. The van der Waals surface area contributed by atoms with E-state index in [9.17, 15) is 0 Å². The fourth-order valence-electron chi connectivity index (χ4n) is 0.506. The quantitative estimate of drug-likeness (QED) is 0.553. The molecule has 0 aromatic heterocycles. The lowest BCUT2D eigenvalue weighted by atomic mass is 10.6. The van der Waals surface area contributed by atoms with E-state index in [1.54, 1.807) is 11.8 Å². The highest BCUT2D eigenvalue weighted by Crippen LogP contribution is 2.15. The zero-order chi connectivity index (χ0) is 7.11. The molecule has 1 atom stereocenters. The predicted octanol–water partition coefficient (Wildman–Crippen LogP) is 2.67. The molecule has 0 fully saturated rings. The topological polar surface area (TPSA) is 9.23 Å². The molecular formula is C7H15OS. The van der Waals surface area contributed by atoms with E-state index in [-0.39, 0.29) is 0 Å². The van der Waals surface area contributed by atoms with Gasteiger partial charge in [-0.3, -0.25) is 0 Å². The summed E-state index contributed by atoms with van der Waals surface area (Å²) in [7, 11) is 0. The number of thioether (sulfide) groups is 1. The van der Waals surface area contributed by atoms with E-state index in [4.69, 9.17) is 4.74 Å². The van der Waals surface area contributed by atoms with Gasteiger partial charge in [-0.1, -0.05) is 6.92 Å². The Morgan fingerprint density at radius 3 is 2.67 bits per heavy atom. The number of hydrogen-bond acceptors (Lipinski definition) is 2. The molecule has 2 heteroatoms. The maximum atomic E-state index is 5.28. The van der Waals surface area contributed by atoms with Crippen molar-refractivity contribution in [2.24, 2.45) is 0 Å². The summed E-state index contributed by atoms with van der Waals surface area (Å²) in [6, 6.07) is 0. The van der Waals surface area contributed by atoms with Crippen LogP contribution in [0.25, 0.3) is 0 Å². The molecule has 0 saturated heterocycles. The first kappa shape index (κ1) is 9.31. The summed E-state index contributed by atoms with van der Waals surface area (Å²) in [5.41, 5.74) is 0.329. The van der Waals surface area contributed by atoms with Crippen LogP contribution in [-0.2, 0) is 4.74 Å². The summed E-state index contributed by atoms with van der Waals surface area (Å²) < 4.78 is 5.28. The fourth-order valence-corrected chi connectivity index (χ4v) is 1.18. The number of ether oxygens (including phenoxy) is 1. The molecule has 0 aliphatic carbocycles. The molecule has 0 rings (SSSR count). The first-order chi connectivity index (χ1) is 4.31. The zero-order valence-electron chi connectivity index (χ0n) is 6.39. The van der Waals surface area contributed by atoms with Gasteiger partial charge in [-0.25, -0.2) is 0 Å². The lowest BCUT2D eigenvalue weighted by molar-refractivity contribution is 0.137. The van der Waals surface area contributed by atoms with Crippen molar-refractivity contribution < 1.29 is 4.74 Å². The molecule has 0 N–H and O–H groups in total. The smallest absolute Gasteiger partial charge is 0.100 e. The van der Waals surface area contributed by atoms with Crippen molar-refractivity contribution in [2.75, 3.05) is 6.61 Å². The van der Waals surface area contributed by atoms with Crippen LogP contribution in [0.15, 0.2) is 0 Å². The van der Waals surface area contributed by atoms with Crippen LogP contribution < -0.4 is 0 Å². The van der Waals surface area contributed by atoms with Gasteiger partial charge in [-0.05, 0) is 20.3 Å². The van der Waals surface area contributed by atoms with E-state index in [2.05, 4.69) is 19.6 Å². The minimum atomic E-state index is 0.329. The summed E-state index contributed by atoms with van der Waals surface area (Å²) in [4.78, 5) is 0. The second-order valence-corrected chi connectivity index (χ2v) is 3.00. The summed E-state index contributed by atoms with van der Waals surface area (Å²) in [5, 5.41) is 0. The van der Waals surface area contributed by atoms with Crippen molar-refractivity contribution in [1.82, 2.24) is 0 Å². The zero-order valence-corrected chi connectivity index (χ0v) is 7.20. The van der Waals surface area contributed by atoms with E-state index < -0.39 is 0 Å². The third-order valence-electron chi connectivity index (χ3n) is 0.856. The summed E-state index contributed by atoms with van der Waals surface area (Å²) >= 11 is 1.75. The van der Waals surface area contributed by atoms with Gasteiger partial charge in [-0.2, -0.15) is 0 Å². The molecule has 0 aromatic carbocycles. The van der Waals surface area contributed by atoms with Crippen LogP contribution in [0.2, 0.25) is 0 Å². The Balaban J connectivity index is 2.95. The summed E-state index contributed by atoms with van der Waals surface area (Å²) in [6.45, 7) is 7.03. The van der Waals surface area contributed by atoms with Crippen molar-refractivity contribution in [3.63, 3.8) is 0 Å². The second kappa shape index (κ2) is 6.43. The van der Waals surface area contributed by atoms with Gasteiger partial charge in [0.15, 0.2) is 0 Å². The molecule has 0 aliphatic rings. The summed E-state index contributed by atoms with van der Waals surface area (Å²) in [5.74, 6) is 2.17. The largest absolute Gasteiger partial charge is 0.368 e. The highest BCUT2D eigenvalue weighted by Gasteiger charge is 1.97. The molecule has 55 valence electrons. The van der Waals surface area contributed by atoms with Gasteiger partial charge >= 0.3 is 0 Å². The highest BCUT2D eigenvalue weighted by atomic mass is 32.2. The van der Waals surface area contributed by atoms with Crippen molar-refractivity contribution in [2.45, 2.75) is 32.6 Å². The lowest BCUT2D eigenvalue weighted by Gasteiger charge is -2.08. The first-order valence-electron chi connectivity index (χ1n) is 3.40. The Labute approximate surface area is 62.2 Å². The van der Waals surface area contributed by atoms with Crippen LogP contribution >= 0.6 is 11.8 Å². The van der Waals surface area contributed by atoms with Crippen molar-refractivity contribution >= 4 is 11.8 Å². The third-order valence-corrected chi connectivity index (χ3v) is 1.90. The predicted molar refractivity (Wildman–Crippen MR) is 43.3 cm³/mol. The first-order valence-corrected chi connectivity index (χ1v) is 4.34. The lowest BCUT2D eigenvalue weighted by Crippen LogP contribution is -2.01. The van der Waals surface area contributed by atoms with Gasteiger partial charge in [0.1, 0.15) is 5.44 Å². The summed E-state index contributed by atoms with van der Waals surface area (Å²) in [6.07, 6.45) is 1.11. The van der Waals surface area contributed by atoms with Crippen LogP contribution in [0.3, 0.4) is 0 Å². The molecule has 0 aromatic rings. The maximum absolute atomic E-state index is 5.28. The van der Waals surface area contributed by atoms with E-state index >= 15 is 0 Å². The van der Waals surface area contributed by atoms with Crippen molar-refractivity contribution in [3.05, 3.63) is 5.75 Å². The van der Waals surface area contributed by atoms with Crippen molar-refractivity contribution in [1.29, 1.82) is 0 Å². The number of rotatable bonds is 5. The van der Waals surface area contributed by atoms with Crippen LogP contribution in [0.4, 0.5) is 0 Å². The monoisotopic (exact) mass is 147 g/mol. The Kier molecular flexibility index (Phi) is 6.65. The van der Waals surface area contributed by atoms with Gasteiger partial charge in [0.25, 0.3) is 0 Å². The third kappa shape index (κ3) is 6.19. The van der Waals surface area contributed by atoms with E-state index in [0.29, 0.717) is 5.44 Å². The van der Waals surface area contributed by atoms with Gasteiger partial charge in [0.05, 0.1) is 0 Å². The number of hydrogen-bond donors (Lipinski definition) is 0. The molecule has 0 amide bonds. The SMILES string of the molecule is CC[CH]SC(C)OCC. The van der Waals surface area contributed by atoms with E-state index in [0.717, 1.165) is 13.0 Å². The molecule has 0 saturated carbocycles. The molecule has 0 aliphatic heterocycles.